The van der Waals surface area contributed by atoms with Gasteiger partial charge in [-0.1, -0.05) is 11.8 Å². The van der Waals surface area contributed by atoms with E-state index in [4.69, 9.17) is 5.11 Å². The maximum absolute atomic E-state index is 12.1. The molecule has 0 fully saturated rings. The van der Waals surface area contributed by atoms with E-state index >= 15 is 0 Å². The van der Waals surface area contributed by atoms with Crippen molar-refractivity contribution >= 4 is 17.2 Å². The fourth-order valence-corrected chi connectivity index (χ4v) is 2.27. The van der Waals surface area contributed by atoms with Crippen LogP contribution in [0.5, 0.6) is 0 Å². The molecular formula is C14H13N3O2S. The highest BCUT2D eigenvalue weighted by molar-refractivity contribution is 7.09. The number of rotatable bonds is 3. The summed E-state index contributed by atoms with van der Waals surface area (Å²) in [7, 11) is 0. The van der Waals surface area contributed by atoms with Crippen LogP contribution in [0, 0.1) is 18.8 Å². The van der Waals surface area contributed by atoms with Crippen molar-refractivity contribution in [1.82, 2.24) is 15.3 Å². The van der Waals surface area contributed by atoms with Crippen molar-refractivity contribution in [2.75, 3.05) is 6.61 Å². The summed E-state index contributed by atoms with van der Waals surface area (Å²) in [5.41, 5.74) is 1.88. The van der Waals surface area contributed by atoms with Crippen LogP contribution in [-0.2, 0) is 6.54 Å². The Hall–Kier alpha value is -2.23. The average Bonchev–Trinajstić information content (AvgIpc) is 2.88. The molecule has 2 aromatic rings. The van der Waals surface area contributed by atoms with E-state index in [1.165, 1.54) is 23.7 Å². The number of nitrogens with one attached hydrogen (secondary N) is 1. The van der Waals surface area contributed by atoms with E-state index in [1.807, 2.05) is 12.3 Å². The van der Waals surface area contributed by atoms with Gasteiger partial charge in [0, 0.05) is 23.5 Å². The van der Waals surface area contributed by atoms with Crippen molar-refractivity contribution in [2.45, 2.75) is 13.5 Å². The number of amides is 1. The highest BCUT2D eigenvalue weighted by Gasteiger charge is 2.10. The minimum Gasteiger partial charge on any atom is -0.384 e. The van der Waals surface area contributed by atoms with Crippen molar-refractivity contribution in [3.8, 4) is 11.8 Å². The molecule has 6 heteroatoms. The number of aryl methyl sites for hydroxylation is 1. The molecule has 0 aliphatic heterocycles. The first kappa shape index (κ1) is 14.2. The predicted molar refractivity (Wildman–Crippen MR) is 76.2 cm³/mol. The maximum Gasteiger partial charge on any atom is 0.253 e. The molecule has 2 aromatic heterocycles. The lowest BCUT2D eigenvalue weighted by Gasteiger charge is -2.04. The standard InChI is InChI=1S/C14H13N3O2S/c1-10-9-20-13(17-10)8-16-14(19)12-4-5-15-7-11(12)3-2-6-18/h4-5,7,9,18H,6,8H2,1H3,(H,16,19). The zero-order chi connectivity index (χ0) is 14.4. The van der Waals surface area contributed by atoms with E-state index in [9.17, 15) is 4.79 Å². The van der Waals surface area contributed by atoms with Crippen molar-refractivity contribution in [3.05, 3.63) is 45.7 Å². The van der Waals surface area contributed by atoms with Crippen LogP contribution < -0.4 is 5.32 Å². The van der Waals surface area contributed by atoms with Gasteiger partial charge in [-0.25, -0.2) is 4.98 Å². The van der Waals surface area contributed by atoms with E-state index in [1.54, 1.807) is 6.07 Å². The summed E-state index contributed by atoms with van der Waals surface area (Å²) in [5.74, 6) is 4.99. The maximum atomic E-state index is 12.1. The normalized spacial score (nSPS) is 9.70. The second-order valence-electron chi connectivity index (χ2n) is 3.95. The van der Waals surface area contributed by atoms with E-state index in [0.717, 1.165) is 10.7 Å². The smallest absolute Gasteiger partial charge is 0.253 e. The molecule has 0 saturated carbocycles. The van der Waals surface area contributed by atoms with E-state index in [0.29, 0.717) is 17.7 Å². The Bertz CT molecular complexity index is 670. The fraction of sp³-hybridized carbons (Fsp3) is 0.214. The van der Waals surface area contributed by atoms with Gasteiger partial charge in [-0.15, -0.1) is 11.3 Å². The summed E-state index contributed by atoms with van der Waals surface area (Å²) in [4.78, 5) is 20.3. The van der Waals surface area contributed by atoms with Crippen molar-refractivity contribution in [2.24, 2.45) is 0 Å². The van der Waals surface area contributed by atoms with Crippen LogP contribution in [0.1, 0.15) is 26.6 Å². The molecule has 0 aliphatic rings. The lowest BCUT2D eigenvalue weighted by Crippen LogP contribution is -2.23. The number of thiazole rings is 1. The predicted octanol–water partition coefficient (Wildman–Crippen LogP) is 1.12. The summed E-state index contributed by atoms with van der Waals surface area (Å²) in [6.45, 7) is 2.04. The minimum atomic E-state index is -0.256. The molecule has 0 spiro atoms. The summed E-state index contributed by atoms with van der Waals surface area (Å²) in [6, 6.07) is 1.60. The molecule has 0 unspecified atom stereocenters. The van der Waals surface area contributed by atoms with Crippen LogP contribution in [-0.4, -0.2) is 27.6 Å². The molecule has 2 N–H and O–H groups in total. The molecule has 0 bridgehead atoms. The molecule has 5 nitrogen and oxygen atoms in total. The van der Waals surface area contributed by atoms with Gasteiger partial charge in [-0.05, 0) is 13.0 Å². The van der Waals surface area contributed by atoms with E-state index < -0.39 is 0 Å². The number of aliphatic hydroxyl groups excluding tert-OH is 1. The van der Waals surface area contributed by atoms with Crippen LogP contribution in [0.2, 0.25) is 0 Å². The molecule has 20 heavy (non-hydrogen) atoms. The van der Waals surface area contributed by atoms with Crippen molar-refractivity contribution < 1.29 is 9.90 Å². The van der Waals surface area contributed by atoms with Crippen LogP contribution >= 0.6 is 11.3 Å². The average molecular weight is 287 g/mol. The van der Waals surface area contributed by atoms with Gasteiger partial charge in [0.05, 0.1) is 17.7 Å². The Morgan fingerprint density at radius 2 is 2.40 bits per heavy atom. The van der Waals surface area contributed by atoms with Gasteiger partial charge in [-0.3, -0.25) is 9.78 Å². The Kier molecular flexibility index (Phi) is 4.82. The third-order valence-corrected chi connectivity index (χ3v) is 3.40. The topological polar surface area (TPSA) is 75.1 Å². The monoisotopic (exact) mass is 287 g/mol. The van der Waals surface area contributed by atoms with Crippen molar-refractivity contribution in [3.63, 3.8) is 0 Å². The summed E-state index contributed by atoms with van der Waals surface area (Å²) in [6.07, 6.45) is 3.04. The molecule has 0 aliphatic carbocycles. The number of carbonyl (C=O) groups excluding carboxylic acids is 1. The number of aliphatic hydroxyl groups is 1. The first-order chi connectivity index (χ1) is 9.70. The van der Waals surface area contributed by atoms with Crippen LogP contribution in [0.15, 0.2) is 23.8 Å². The van der Waals surface area contributed by atoms with Crippen molar-refractivity contribution in [1.29, 1.82) is 0 Å². The first-order valence-corrected chi connectivity index (χ1v) is 6.81. The number of nitrogens with zero attached hydrogens (tertiary/aromatic N) is 2. The summed E-state index contributed by atoms with van der Waals surface area (Å²) < 4.78 is 0. The zero-order valence-corrected chi connectivity index (χ0v) is 11.7. The Morgan fingerprint density at radius 1 is 1.55 bits per heavy atom. The molecule has 102 valence electrons. The second-order valence-corrected chi connectivity index (χ2v) is 4.89. The molecule has 0 saturated heterocycles. The quantitative estimate of drug-likeness (QED) is 0.830. The minimum absolute atomic E-state index is 0.234. The fourth-order valence-electron chi connectivity index (χ4n) is 1.56. The lowest BCUT2D eigenvalue weighted by atomic mass is 10.1. The van der Waals surface area contributed by atoms with E-state index in [-0.39, 0.29) is 12.5 Å². The first-order valence-electron chi connectivity index (χ1n) is 5.93. The number of hydrogen-bond acceptors (Lipinski definition) is 5. The second kappa shape index (κ2) is 6.80. The number of aromatic nitrogens is 2. The highest BCUT2D eigenvalue weighted by atomic mass is 32.1. The third kappa shape index (κ3) is 3.63. The van der Waals surface area contributed by atoms with E-state index in [2.05, 4.69) is 27.1 Å². The highest BCUT2D eigenvalue weighted by Crippen LogP contribution is 2.09. The van der Waals surface area contributed by atoms with Crippen LogP contribution in [0.25, 0.3) is 0 Å². The summed E-state index contributed by atoms with van der Waals surface area (Å²) >= 11 is 1.51. The molecule has 0 radical (unpaired) electrons. The van der Waals surface area contributed by atoms with Crippen LogP contribution in [0.4, 0.5) is 0 Å². The Labute approximate surface area is 120 Å². The van der Waals surface area contributed by atoms with Gasteiger partial charge in [-0.2, -0.15) is 0 Å². The third-order valence-electron chi connectivity index (χ3n) is 2.43. The molecule has 0 atom stereocenters. The Balaban J connectivity index is 2.09. The van der Waals surface area contributed by atoms with Gasteiger partial charge in [0.2, 0.25) is 0 Å². The van der Waals surface area contributed by atoms with Gasteiger partial charge < -0.3 is 10.4 Å². The number of hydrogen-bond donors (Lipinski definition) is 2. The van der Waals surface area contributed by atoms with Gasteiger partial charge in [0.15, 0.2) is 0 Å². The molecule has 0 aromatic carbocycles. The largest absolute Gasteiger partial charge is 0.384 e. The number of carbonyl (C=O) groups is 1. The number of pyridine rings is 1. The molecular weight excluding hydrogens is 274 g/mol. The van der Waals surface area contributed by atoms with Gasteiger partial charge in [0.1, 0.15) is 11.6 Å². The molecule has 2 rings (SSSR count). The zero-order valence-electron chi connectivity index (χ0n) is 10.9. The lowest BCUT2D eigenvalue weighted by molar-refractivity contribution is 0.0950. The molecule has 2 heterocycles. The van der Waals surface area contributed by atoms with Gasteiger partial charge >= 0.3 is 0 Å². The SMILES string of the molecule is Cc1csc(CNC(=O)c2ccncc2C#CCO)n1. The molecule has 1 amide bonds. The van der Waals surface area contributed by atoms with Gasteiger partial charge in [0.25, 0.3) is 5.91 Å². The summed E-state index contributed by atoms with van der Waals surface area (Å²) in [5, 5.41) is 14.3. The van der Waals surface area contributed by atoms with Crippen LogP contribution in [0.3, 0.4) is 0 Å². The Morgan fingerprint density at radius 3 is 3.10 bits per heavy atom.